The zero-order valence-electron chi connectivity index (χ0n) is 10.7. The number of aliphatic hydroxyl groups excluding tert-OH is 1. The Balaban J connectivity index is 2.00. The lowest BCUT2D eigenvalue weighted by molar-refractivity contribution is 0.179. The number of benzene rings is 1. The molecule has 4 heteroatoms. The van der Waals surface area contributed by atoms with E-state index in [4.69, 9.17) is 0 Å². The Morgan fingerprint density at radius 3 is 2.75 bits per heavy atom. The van der Waals surface area contributed by atoms with E-state index in [2.05, 4.69) is 25.9 Å². The molecule has 1 N–H and O–H groups in total. The van der Waals surface area contributed by atoms with E-state index >= 15 is 0 Å². The SMILES string of the molecule is OC(Cc1cccnc1)c1ccc(Br)c2cccnc12. The Morgan fingerprint density at radius 1 is 1.10 bits per heavy atom. The molecule has 2 heterocycles. The molecule has 0 fully saturated rings. The van der Waals surface area contributed by atoms with Gasteiger partial charge in [0.1, 0.15) is 0 Å². The van der Waals surface area contributed by atoms with Crippen LogP contribution in [0.1, 0.15) is 17.2 Å². The van der Waals surface area contributed by atoms with Gasteiger partial charge in [-0.2, -0.15) is 0 Å². The third-order valence-corrected chi connectivity index (χ3v) is 3.95. The summed E-state index contributed by atoms with van der Waals surface area (Å²) in [7, 11) is 0. The fourth-order valence-electron chi connectivity index (χ4n) is 2.28. The van der Waals surface area contributed by atoms with Crippen molar-refractivity contribution in [1.82, 2.24) is 9.97 Å². The molecule has 1 aromatic carbocycles. The molecular formula is C16H13BrN2O. The number of aromatic nitrogens is 2. The third kappa shape index (κ3) is 2.57. The van der Waals surface area contributed by atoms with Gasteiger partial charge in [-0.3, -0.25) is 9.97 Å². The van der Waals surface area contributed by atoms with Crippen LogP contribution in [0.3, 0.4) is 0 Å². The van der Waals surface area contributed by atoms with E-state index in [0.29, 0.717) is 6.42 Å². The van der Waals surface area contributed by atoms with Crippen LogP contribution in [0.2, 0.25) is 0 Å². The highest BCUT2D eigenvalue weighted by Crippen LogP contribution is 2.30. The van der Waals surface area contributed by atoms with Gasteiger partial charge in [-0.1, -0.05) is 34.1 Å². The fourth-order valence-corrected chi connectivity index (χ4v) is 2.73. The van der Waals surface area contributed by atoms with Gasteiger partial charge in [0.25, 0.3) is 0 Å². The first-order valence-electron chi connectivity index (χ1n) is 6.36. The van der Waals surface area contributed by atoms with Crippen LogP contribution < -0.4 is 0 Å². The van der Waals surface area contributed by atoms with E-state index in [-0.39, 0.29) is 0 Å². The van der Waals surface area contributed by atoms with E-state index in [0.717, 1.165) is 26.5 Å². The molecule has 0 radical (unpaired) electrons. The minimum atomic E-state index is -0.593. The minimum absolute atomic E-state index is 0.529. The number of rotatable bonds is 3. The largest absolute Gasteiger partial charge is 0.388 e. The summed E-state index contributed by atoms with van der Waals surface area (Å²) < 4.78 is 0.984. The summed E-state index contributed by atoms with van der Waals surface area (Å²) in [5.74, 6) is 0. The molecule has 0 bridgehead atoms. The highest BCUT2D eigenvalue weighted by molar-refractivity contribution is 9.10. The van der Waals surface area contributed by atoms with E-state index in [9.17, 15) is 5.11 Å². The number of nitrogens with zero attached hydrogens (tertiary/aromatic N) is 2. The summed E-state index contributed by atoms with van der Waals surface area (Å²) in [6.07, 6.45) is 5.19. The Labute approximate surface area is 125 Å². The summed E-state index contributed by atoms with van der Waals surface area (Å²) in [5, 5.41) is 11.5. The van der Waals surface area contributed by atoms with Crippen molar-refractivity contribution in [2.45, 2.75) is 12.5 Å². The van der Waals surface area contributed by atoms with Crippen molar-refractivity contribution in [3.05, 3.63) is 70.6 Å². The number of hydrogen-bond acceptors (Lipinski definition) is 3. The van der Waals surface area contributed by atoms with E-state index in [1.165, 1.54) is 0 Å². The Hall–Kier alpha value is -1.78. The molecule has 100 valence electrons. The lowest BCUT2D eigenvalue weighted by atomic mass is 10.00. The van der Waals surface area contributed by atoms with Gasteiger partial charge in [-0.05, 0) is 23.8 Å². The summed E-state index contributed by atoms with van der Waals surface area (Å²) >= 11 is 3.52. The van der Waals surface area contributed by atoms with Crippen LogP contribution in [0.5, 0.6) is 0 Å². The van der Waals surface area contributed by atoms with Crippen LogP contribution in [0.15, 0.2) is 59.5 Å². The lowest BCUT2D eigenvalue weighted by Crippen LogP contribution is -2.03. The number of pyridine rings is 2. The molecule has 0 aliphatic heterocycles. The average molecular weight is 329 g/mol. The maximum absolute atomic E-state index is 10.5. The van der Waals surface area contributed by atoms with Crippen molar-refractivity contribution in [2.75, 3.05) is 0 Å². The predicted molar refractivity (Wildman–Crippen MR) is 82.3 cm³/mol. The molecular weight excluding hydrogens is 316 g/mol. The summed E-state index contributed by atoms with van der Waals surface area (Å²) in [4.78, 5) is 8.47. The number of aliphatic hydroxyl groups is 1. The quantitative estimate of drug-likeness (QED) is 0.797. The molecule has 20 heavy (non-hydrogen) atoms. The van der Waals surface area contributed by atoms with E-state index in [1.54, 1.807) is 18.6 Å². The Morgan fingerprint density at radius 2 is 1.95 bits per heavy atom. The molecule has 3 aromatic rings. The van der Waals surface area contributed by atoms with Gasteiger partial charge in [0.2, 0.25) is 0 Å². The molecule has 0 aliphatic carbocycles. The normalized spacial score (nSPS) is 12.5. The van der Waals surface area contributed by atoms with Crippen LogP contribution in [0.4, 0.5) is 0 Å². The summed E-state index contributed by atoms with van der Waals surface area (Å²) in [5.41, 5.74) is 2.68. The molecule has 0 saturated heterocycles. The molecule has 3 rings (SSSR count). The lowest BCUT2D eigenvalue weighted by Gasteiger charge is -2.13. The van der Waals surface area contributed by atoms with Gasteiger partial charge in [-0.15, -0.1) is 0 Å². The second kappa shape index (κ2) is 5.69. The first kappa shape index (κ1) is 13.2. The van der Waals surface area contributed by atoms with Crippen molar-refractivity contribution in [3.8, 4) is 0 Å². The van der Waals surface area contributed by atoms with E-state index < -0.39 is 6.10 Å². The number of fused-ring (bicyclic) bond motifs is 1. The minimum Gasteiger partial charge on any atom is -0.388 e. The van der Waals surface area contributed by atoms with Gasteiger partial charge < -0.3 is 5.11 Å². The van der Waals surface area contributed by atoms with E-state index in [1.807, 2.05) is 36.4 Å². The highest BCUT2D eigenvalue weighted by Gasteiger charge is 2.14. The van der Waals surface area contributed by atoms with Gasteiger partial charge in [0.15, 0.2) is 0 Å². The maximum Gasteiger partial charge on any atom is 0.0852 e. The Bertz CT molecular complexity index is 731. The van der Waals surface area contributed by atoms with Gasteiger partial charge >= 0.3 is 0 Å². The molecule has 1 atom stereocenters. The second-order valence-corrected chi connectivity index (χ2v) is 5.47. The van der Waals surface area contributed by atoms with Crippen molar-refractivity contribution in [1.29, 1.82) is 0 Å². The topological polar surface area (TPSA) is 46.0 Å². The molecule has 1 unspecified atom stereocenters. The maximum atomic E-state index is 10.5. The van der Waals surface area contributed by atoms with Crippen LogP contribution in [0.25, 0.3) is 10.9 Å². The second-order valence-electron chi connectivity index (χ2n) is 4.62. The molecule has 3 nitrogen and oxygen atoms in total. The first-order valence-corrected chi connectivity index (χ1v) is 7.15. The standard InChI is InChI=1S/C16H13BrN2O/c17-14-6-5-13(16-12(14)4-2-8-19-16)15(20)9-11-3-1-7-18-10-11/h1-8,10,15,20H,9H2. The molecule has 0 spiro atoms. The number of hydrogen-bond donors (Lipinski definition) is 1. The van der Waals surface area contributed by atoms with Gasteiger partial charge in [0, 0.05) is 40.4 Å². The zero-order chi connectivity index (χ0) is 13.9. The van der Waals surface area contributed by atoms with Gasteiger partial charge in [0.05, 0.1) is 11.6 Å². The van der Waals surface area contributed by atoms with Crippen LogP contribution in [-0.4, -0.2) is 15.1 Å². The van der Waals surface area contributed by atoms with Crippen LogP contribution in [-0.2, 0) is 6.42 Å². The van der Waals surface area contributed by atoms with Crippen molar-refractivity contribution >= 4 is 26.8 Å². The average Bonchev–Trinajstić information content (AvgIpc) is 2.49. The zero-order valence-corrected chi connectivity index (χ0v) is 12.3. The molecule has 0 saturated carbocycles. The molecule has 2 aromatic heterocycles. The molecule has 0 aliphatic rings. The summed E-state index contributed by atoms with van der Waals surface area (Å²) in [6, 6.07) is 11.6. The van der Waals surface area contributed by atoms with Crippen LogP contribution in [0, 0.1) is 0 Å². The number of halogens is 1. The Kier molecular flexibility index (Phi) is 3.76. The van der Waals surface area contributed by atoms with Crippen molar-refractivity contribution < 1.29 is 5.11 Å². The monoisotopic (exact) mass is 328 g/mol. The van der Waals surface area contributed by atoms with Crippen molar-refractivity contribution in [2.24, 2.45) is 0 Å². The van der Waals surface area contributed by atoms with Gasteiger partial charge in [-0.25, -0.2) is 0 Å². The highest BCUT2D eigenvalue weighted by atomic mass is 79.9. The first-order chi connectivity index (χ1) is 9.75. The summed E-state index contributed by atoms with van der Waals surface area (Å²) in [6.45, 7) is 0. The molecule has 0 amide bonds. The van der Waals surface area contributed by atoms with Crippen LogP contribution >= 0.6 is 15.9 Å². The van der Waals surface area contributed by atoms with Crippen molar-refractivity contribution in [3.63, 3.8) is 0 Å². The fraction of sp³-hybridized carbons (Fsp3) is 0.125. The third-order valence-electron chi connectivity index (χ3n) is 3.26. The predicted octanol–water partition coefficient (Wildman–Crippen LogP) is 3.67. The smallest absolute Gasteiger partial charge is 0.0852 e.